The van der Waals surface area contributed by atoms with Crippen LogP contribution in [0.2, 0.25) is 0 Å². The van der Waals surface area contributed by atoms with Gasteiger partial charge in [-0.25, -0.2) is 0 Å². The fourth-order valence-electron chi connectivity index (χ4n) is 2.68. The Morgan fingerprint density at radius 3 is 2.09 bits per heavy atom. The average molecular weight is 310 g/mol. The summed E-state index contributed by atoms with van der Waals surface area (Å²) in [4.78, 5) is 2.57. The van der Waals surface area contributed by atoms with Crippen LogP contribution in [0.25, 0.3) is 0 Å². The molecular weight excluding hydrogens is 296 g/mol. The Morgan fingerprint density at radius 2 is 1.59 bits per heavy atom. The molecule has 3 atom stereocenters. The van der Waals surface area contributed by atoms with Crippen LogP contribution in [0.15, 0.2) is 30.3 Å². The molecule has 0 spiro atoms. The Hall–Kier alpha value is -2.11. The summed E-state index contributed by atoms with van der Waals surface area (Å²) in [6.45, 7) is 2.02. The number of hydrogen-bond donors (Lipinski definition) is 1. The first-order valence-electron chi connectivity index (χ1n) is 7.00. The molecule has 2 aromatic rings. The number of halogens is 4. The minimum atomic E-state index is -1.66. The van der Waals surface area contributed by atoms with Crippen LogP contribution in [0.3, 0.4) is 0 Å². The number of pyridine rings is 1. The molecule has 3 unspecified atom stereocenters. The zero-order chi connectivity index (χ0) is 15.9. The van der Waals surface area contributed by atoms with Crippen molar-refractivity contribution in [1.29, 1.82) is 0 Å². The van der Waals surface area contributed by atoms with Gasteiger partial charge in [0.2, 0.25) is 11.6 Å². The number of rotatable bonds is 4. The Labute approximate surface area is 125 Å². The average Bonchev–Trinajstić information content (AvgIpc) is 3.23. The van der Waals surface area contributed by atoms with Crippen molar-refractivity contribution in [3.63, 3.8) is 0 Å². The Kier molecular flexibility index (Phi) is 3.76. The summed E-state index contributed by atoms with van der Waals surface area (Å²) < 4.78 is 54.1. The van der Waals surface area contributed by atoms with Crippen molar-refractivity contribution >= 4 is 5.69 Å². The van der Waals surface area contributed by atoms with Crippen molar-refractivity contribution in [2.75, 3.05) is 5.32 Å². The highest BCUT2D eigenvalue weighted by Crippen LogP contribution is 2.48. The fourth-order valence-corrected chi connectivity index (χ4v) is 2.68. The molecule has 1 aliphatic carbocycles. The molecule has 0 radical (unpaired) electrons. The third-order valence-corrected chi connectivity index (χ3v) is 4.06. The van der Waals surface area contributed by atoms with Crippen molar-refractivity contribution < 1.29 is 17.6 Å². The number of benzene rings is 1. The van der Waals surface area contributed by atoms with Gasteiger partial charge >= 0.3 is 0 Å². The van der Waals surface area contributed by atoms with Crippen molar-refractivity contribution in [1.82, 2.24) is 4.98 Å². The number of aromatic nitrogens is 1. The molecule has 1 N–H and O–H groups in total. The molecule has 1 saturated carbocycles. The van der Waals surface area contributed by atoms with Gasteiger partial charge in [-0.3, -0.25) is 0 Å². The lowest BCUT2D eigenvalue weighted by molar-refractivity contribution is 0.408. The maximum absolute atomic E-state index is 13.8. The lowest BCUT2D eigenvalue weighted by Gasteiger charge is -2.21. The summed E-state index contributed by atoms with van der Waals surface area (Å²) in [7, 11) is 0. The molecule has 0 aliphatic heterocycles. The molecule has 0 bridgehead atoms. The first kappa shape index (κ1) is 14.8. The third kappa shape index (κ3) is 2.65. The Bertz CT molecular complexity index is 664. The van der Waals surface area contributed by atoms with Gasteiger partial charge < -0.3 is 5.32 Å². The second-order valence-corrected chi connectivity index (χ2v) is 5.61. The van der Waals surface area contributed by atoms with Crippen LogP contribution in [0, 0.1) is 35.4 Å². The maximum atomic E-state index is 13.8. The molecule has 0 saturated heterocycles. The van der Waals surface area contributed by atoms with E-state index in [2.05, 4.69) is 10.3 Å². The number of anilines is 1. The van der Waals surface area contributed by atoms with E-state index in [1.807, 2.05) is 25.1 Å². The van der Waals surface area contributed by atoms with E-state index in [0.717, 1.165) is 12.0 Å². The minimum Gasteiger partial charge on any atom is -0.373 e. The molecule has 116 valence electrons. The molecule has 6 heteroatoms. The van der Waals surface area contributed by atoms with Gasteiger partial charge in [-0.05, 0) is 23.8 Å². The third-order valence-electron chi connectivity index (χ3n) is 4.06. The monoisotopic (exact) mass is 310 g/mol. The van der Waals surface area contributed by atoms with Crippen LogP contribution in [-0.4, -0.2) is 4.98 Å². The first-order chi connectivity index (χ1) is 10.5. The van der Waals surface area contributed by atoms with Crippen LogP contribution in [0.4, 0.5) is 23.2 Å². The second-order valence-electron chi connectivity index (χ2n) is 5.61. The minimum absolute atomic E-state index is 0.153. The summed E-state index contributed by atoms with van der Waals surface area (Å²) in [5.74, 6) is -5.80. The van der Waals surface area contributed by atoms with E-state index in [1.54, 1.807) is 12.1 Å². The summed E-state index contributed by atoms with van der Waals surface area (Å²) in [5, 5.41) is 2.64. The van der Waals surface area contributed by atoms with Crippen molar-refractivity contribution in [3.8, 4) is 0 Å². The lowest BCUT2D eigenvalue weighted by atomic mass is 10.0. The predicted molar refractivity (Wildman–Crippen MR) is 74.1 cm³/mol. The molecular formula is C16H14F4N2. The Morgan fingerprint density at radius 1 is 1.05 bits per heavy atom. The van der Waals surface area contributed by atoms with Crippen LogP contribution in [-0.2, 0) is 0 Å². The summed E-state index contributed by atoms with van der Waals surface area (Å²) >= 11 is 0. The number of hydrogen-bond acceptors (Lipinski definition) is 2. The van der Waals surface area contributed by atoms with Crippen molar-refractivity contribution in [2.24, 2.45) is 11.8 Å². The highest BCUT2D eigenvalue weighted by atomic mass is 19.2. The number of nitrogens with zero attached hydrogens (tertiary/aromatic N) is 1. The SMILES string of the molecule is CC1CC1C(Nc1c(F)c(F)nc(F)c1F)c1ccccc1. The van der Waals surface area contributed by atoms with Gasteiger partial charge in [0.15, 0.2) is 0 Å². The molecule has 22 heavy (non-hydrogen) atoms. The second kappa shape index (κ2) is 5.59. The van der Waals surface area contributed by atoms with E-state index >= 15 is 0 Å². The van der Waals surface area contributed by atoms with E-state index in [1.165, 1.54) is 0 Å². The zero-order valence-electron chi connectivity index (χ0n) is 11.8. The fraction of sp³-hybridized carbons (Fsp3) is 0.312. The van der Waals surface area contributed by atoms with Gasteiger partial charge in [0.05, 0.1) is 6.04 Å². The maximum Gasteiger partial charge on any atom is 0.253 e. The normalized spacial score (nSPS) is 21.5. The first-order valence-corrected chi connectivity index (χ1v) is 7.00. The molecule has 2 nitrogen and oxygen atoms in total. The standard InChI is InChI=1S/C16H14F4N2/c1-8-7-10(8)13(9-5-3-2-4-6-9)21-14-11(17)15(19)22-16(20)12(14)18/h2-6,8,10,13H,7H2,1H3,(H,21,22). The van der Waals surface area contributed by atoms with Crippen LogP contribution < -0.4 is 5.32 Å². The van der Waals surface area contributed by atoms with Crippen LogP contribution in [0.5, 0.6) is 0 Å². The highest BCUT2D eigenvalue weighted by molar-refractivity contribution is 5.48. The van der Waals surface area contributed by atoms with E-state index in [0.29, 0.717) is 5.92 Å². The molecule has 3 rings (SSSR count). The zero-order valence-corrected chi connectivity index (χ0v) is 11.8. The van der Waals surface area contributed by atoms with Crippen molar-refractivity contribution in [2.45, 2.75) is 19.4 Å². The molecule has 1 fully saturated rings. The lowest BCUT2D eigenvalue weighted by Crippen LogP contribution is -2.17. The van der Waals surface area contributed by atoms with Crippen molar-refractivity contribution in [3.05, 3.63) is 59.4 Å². The van der Waals surface area contributed by atoms with E-state index in [-0.39, 0.29) is 5.92 Å². The molecule has 1 heterocycles. The quantitative estimate of drug-likeness (QED) is 0.667. The topological polar surface area (TPSA) is 24.9 Å². The smallest absolute Gasteiger partial charge is 0.253 e. The van der Waals surface area contributed by atoms with Gasteiger partial charge in [-0.1, -0.05) is 37.3 Å². The molecule has 1 aromatic carbocycles. The van der Waals surface area contributed by atoms with Gasteiger partial charge in [-0.15, -0.1) is 0 Å². The number of nitrogens with one attached hydrogen (secondary N) is 1. The van der Waals surface area contributed by atoms with Gasteiger partial charge in [0.1, 0.15) is 5.69 Å². The molecule has 0 amide bonds. The van der Waals surface area contributed by atoms with Crippen LogP contribution in [0.1, 0.15) is 24.9 Å². The van der Waals surface area contributed by atoms with E-state index in [9.17, 15) is 17.6 Å². The summed E-state index contributed by atoms with van der Waals surface area (Å²) in [6.07, 6.45) is 0.881. The summed E-state index contributed by atoms with van der Waals surface area (Å²) in [5.41, 5.74) is 0.00577. The molecule has 1 aliphatic rings. The van der Waals surface area contributed by atoms with Gasteiger partial charge in [-0.2, -0.15) is 22.5 Å². The van der Waals surface area contributed by atoms with E-state index < -0.39 is 35.3 Å². The Balaban J connectivity index is 1.99. The van der Waals surface area contributed by atoms with Crippen LogP contribution >= 0.6 is 0 Å². The largest absolute Gasteiger partial charge is 0.373 e. The highest BCUT2D eigenvalue weighted by Gasteiger charge is 2.41. The van der Waals surface area contributed by atoms with E-state index in [4.69, 9.17) is 0 Å². The molecule has 1 aromatic heterocycles. The van der Waals surface area contributed by atoms with Gasteiger partial charge in [0.25, 0.3) is 11.9 Å². The van der Waals surface area contributed by atoms with Gasteiger partial charge in [0, 0.05) is 0 Å². The predicted octanol–water partition coefficient (Wildman–Crippen LogP) is 4.45. The summed E-state index contributed by atoms with van der Waals surface area (Å²) in [6, 6.07) is 8.64.